The Labute approximate surface area is 108 Å². The van der Waals surface area contributed by atoms with Gasteiger partial charge < -0.3 is 10.4 Å². The van der Waals surface area contributed by atoms with E-state index in [9.17, 15) is 9.50 Å². The average molecular weight is 257 g/mol. The Balaban J connectivity index is 1.86. The molecule has 96 valence electrons. The lowest BCUT2D eigenvalue weighted by Gasteiger charge is -2.09. The average Bonchev–Trinajstić information content (AvgIpc) is 2.89. The van der Waals surface area contributed by atoms with Gasteiger partial charge in [0.25, 0.3) is 0 Å². The number of nitrogens with zero attached hydrogens (tertiary/aromatic N) is 1. The smallest absolute Gasteiger partial charge is 0.165 e. The molecule has 0 spiro atoms. The molecule has 3 N–H and O–H groups in total. The molecular formula is C14H12FN3O. The highest BCUT2D eigenvalue weighted by atomic mass is 19.1. The molecule has 3 rings (SSSR count). The fourth-order valence-electron chi connectivity index (χ4n) is 2.02. The molecule has 5 heteroatoms. The van der Waals surface area contributed by atoms with Gasteiger partial charge in [-0.2, -0.15) is 5.10 Å². The van der Waals surface area contributed by atoms with E-state index in [-0.39, 0.29) is 5.75 Å². The molecule has 0 unspecified atom stereocenters. The highest BCUT2D eigenvalue weighted by Crippen LogP contribution is 2.24. The summed E-state index contributed by atoms with van der Waals surface area (Å²) in [5, 5.41) is 20.6. The lowest BCUT2D eigenvalue weighted by Crippen LogP contribution is -2.00. The zero-order chi connectivity index (χ0) is 13.2. The molecule has 1 aromatic heterocycles. The number of hydrogen-bond donors (Lipinski definition) is 3. The summed E-state index contributed by atoms with van der Waals surface area (Å²) in [6.07, 6.45) is 1.73. The number of phenolic OH excluding ortho intramolecular Hbond substituents is 1. The minimum atomic E-state index is -0.610. The van der Waals surface area contributed by atoms with Crippen LogP contribution in [0.4, 0.5) is 10.1 Å². The molecule has 0 aliphatic rings. The highest BCUT2D eigenvalue weighted by Gasteiger charge is 2.07. The summed E-state index contributed by atoms with van der Waals surface area (Å²) in [6.45, 7) is 0.341. The minimum Gasteiger partial charge on any atom is -0.505 e. The molecule has 1 heterocycles. The van der Waals surface area contributed by atoms with E-state index in [1.54, 1.807) is 18.3 Å². The number of aromatic hydroxyl groups is 1. The number of hydrogen-bond acceptors (Lipinski definition) is 3. The molecule has 4 nitrogen and oxygen atoms in total. The summed E-state index contributed by atoms with van der Waals surface area (Å²) in [5.41, 5.74) is 2.32. The maximum atomic E-state index is 13.2. The van der Waals surface area contributed by atoms with Gasteiger partial charge in [-0.25, -0.2) is 4.39 Å². The van der Waals surface area contributed by atoms with Gasteiger partial charge in [-0.15, -0.1) is 0 Å². The van der Waals surface area contributed by atoms with E-state index in [1.165, 1.54) is 6.07 Å². The molecule has 2 aromatic carbocycles. The van der Waals surface area contributed by atoms with Gasteiger partial charge in [-0.05, 0) is 18.2 Å². The van der Waals surface area contributed by atoms with Gasteiger partial charge in [0, 0.05) is 23.2 Å². The van der Waals surface area contributed by atoms with Crippen LogP contribution in [0, 0.1) is 5.82 Å². The number of halogens is 1. The van der Waals surface area contributed by atoms with E-state index in [4.69, 9.17) is 0 Å². The second-order valence-corrected chi connectivity index (χ2v) is 4.24. The molecule has 0 aliphatic heterocycles. The third-order valence-electron chi connectivity index (χ3n) is 3.02. The Morgan fingerprint density at radius 1 is 1.21 bits per heavy atom. The lowest BCUT2D eigenvalue weighted by atomic mass is 10.1. The number of H-pyrrole nitrogens is 1. The number of fused-ring (bicyclic) bond motifs is 1. The largest absolute Gasteiger partial charge is 0.505 e. The third-order valence-corrected chi connectivity index (χ3v) is 3.02. The zero-order valence-corrected chi connectivity index (χ0v) is 10.0. The monoisotopic (exact) mass is 257 g/mol. The molecule has 0 aliphatic carbocycles. The minimum absolute atomic E-state index is 0.311. The van der Waals surface area contributed by atoms with Crippen molar-refractivity contribution in [2.45, 2.75) is 6.54 Å². The first-order valence-electron chi connectivity index (χ1n) is 5.88. The van der Waals surface area contributed by atoms with E-state index in [2.05, 4.69) is 15.5 Å². The molecule has 0 fully saturated rings. The second-order valence-electron chi connectivity index (χ2n) is 4.24. The van der Waals surface area contributed by atoms with Crippen molar-refractivity contribution in [1.29, 1.82) is 0 Å². The van der Waals surface area contributed by atoms with Gasteiger partial charge in [0.1, 0.15) is 0 Å². The molecule has 19 heavy (non-hydrogen) atoms. The van der Waals surface area contributed by atoms with Gasteiger partial charge in [0.05, 0.1) is 11.7 Å². The fraction of sp³-hybridized carbons (Fsp3) is 0.0714. The van der Waals surface area contributed by atoms with Crippen molar-refractivity contribution in [2.24, 2.45) is 0 Å². The summed E-state index contributed by atoms with van der Waals surface area (Å²) in [7, 11) is 0. The topological polar surface area (TPSA) is 60.9 Å². The van der Waals surface area contributed by atoms with E-state index in [1.807, 2.05) is 18.2 Å². The van der Waals surface area contributed by atoms with Crippen molar-refractivity contribution in [3.63, 3.8) is 0 Å². The third kappa shape index (κ3) is 2.10. The van der Waals surface area contributed by atoms with Crippen molar-refractivity contribution in [3.05, 3.63) is 54.0 Å². The van der Waals surface area contributed by atoms with Gasteiger partial charge in [0.15, 0.2) is 11.6 Å². The zero-order valence-electron chi connectivity index (χ0n) is 10.0. The molecule has 0 saturated heterocycles. The number of anilines is 1. The first kappa shape index (κ1) is 11.5. The number of para-hydroxylation sites is 1. The van der Waals surface area contributed by atoms with E-state index in [0.29, 0.717) is 12.1 Å². The quantitative estimate of drug-likeness (QED) is 0.676. The van der Waals surface area contributed by atoms with Crippen molar-refractivity contribution in [1.82, 2.24) is 10.2 Å². The molecule has 0 amide bonds. The first-order chi connectivity index (χ1) is 9.25. The second kappa shape index (κ2) is 4.61. The molecule has 0 saturated carbocycles. The predicted octanol–water partition coefficient (Wildman–Crippen LogP) is 3.02. The summed E-state index contributed by atoms with van der Waals surface area (Å²) < 4.78 is 13.2. The Kier molecular flexibility index (Phi) is 2.79. The number of rotatable bonds is 3. The first-order valence-corrected chi connectivity index (χ1v) is 5.88. The Morgan fingerprint density at radius 3 is 2.95 bits per heavy atom. The maximum absolute atomic E-state index is 13.2. The number of benzene rings is 2. The van der Waals surface area contributed by atoms with Crippen molar-refractivity contribution >= 4 is 16.6 Å². The highest BCUT2D eigenvalue weighted by molar-refractivity contribution is 5.90. The standard InChI is InChI=1S/C14H12FN3O/c15-11-4-1-3-9(14(11)19)7-16-12-5-2-6-13-10(12)8-17-18-13/h1-6,8,16,19H,7H2,(H,17,18). The van der Waals surface area contributed by atoms with Crippen LogP contribution in [0.25, 0.3) is 10.9 Å². The van der Waals surface area contributed by atoms with Gasteiger partial charge >= 0.3 is 0 Å². The predicted molar refractivity (Wildman–Crippen MR) is 71.5 cm³/mol. The molecule has 0 bridgehead atoms. The SMILES string of the molecule is Oc1c(F)cccc1CNc1cccc2[nH]ncc12. The Morgan fingerprint density at radius 2 is 2.05 bits per heavy atom. The fourth-order valence-corrected chi connectivity index (χ4v) is 2.02. The van der Waals surface area contributed by atoms with Gasteiger partial charge in [-0.1, -0.05) is 18.2 Å². The normalized spacial score (nSPS) is 10.8. The molecule has 0 radical (unpaired) electrons. The van der Waals surface area contributed by atoms with Crippen molar-refractivity contribution in [2.75, 3.05) is 5.32 Å². The maximum Gasteiger partial charge on any atom is 0.165 e. The summed E-state index contributed by atoms with van der Waals surface area (Å²) in [5.74, 6) is -0.921. The summed E-state index contributed by atoms with van der Waals surface area (Å²) in [6, 6.07) is 10.2. The number of aromatic nitrogens is 2. The van der Waals surface area contributed by atoms with Crippen LogP contribution < -0.4 is 5.32 Å². The van der Waals surface area contributed by atoms with Crippen LogP contribution in [0.2, 0.25) is 0 Å². The van der Waals surface area contributed by atoms with Crippen molar-refractivity contribution < 1.29 is 9.50 Å². The van der Waals surface area contributed by atoms with Crippen LogP contribution in [0.3, 0.4) is 0 Å². The van der Waals surface area contributed by atoms with Crippen LogP contribution in [0.1, 0.15) is 5.56 Å². The Hall–Kier alpha value is -2.56. The van der Waals surface area contributed by atoms with E-state index in [0.717, 1.165) is 16.6 Å². The Bertz CT molecular complexity index is 724. The summed E-state index contributed by atoms with van der Waals surface area (Å²) >= 11 is 0. The van der Waals surface area contributed by atoms with Gasteiger partial charge in [-0.3, -0.25) is 5.10 Å². The van der Waals surface area contributed by atoms with Crippen LogP contribution in [-0.2, 0) is 6.54 Å². The molecular weight excluding hydrogens is 245 g/mol. The van der Waals surface area contributed by atoms with Crippen molar-refractivity contribution in [3.8, 4) is 5.75 Å². The molecule has 0 atom stereocenters. The van der Waals surface area contributed by atoms with Crippen LogP contribution in [0.15, 0.2) is 42.6 Å². The van der Waals surface area contributed by atoms with E-state index < -0.39 is 5.82 Å². The molecule has 3 aromatic rings. The summed E-state index contributed by atoms with van der Waals surface area (Å²) in [4.78, 5) is 0. The van der Waals surface area contributed by atoms with Crippen LogP contribution in [0.5, 0.6) is 5.75 Å². The van der Waals surface area contributed by atoms with E-state index >= 15 is 0 Å². The van der Waals surface area contributed by atoms with Gasteiger partial charge in [0.2, 0.25) is 0 Å². The van der Waals surface area contributed by atoms with Crippen LogP contribution in [-0.4, -0.2) is 15.3 Å². The number of nitrogens with one attached hydrogen (secondary N) is 2. The number of aromatic amines is 1. The van der Waals surface area contributed by atoms with Crippen LogP contribution >= 0.6 is 0 Å². The lowest BCUT2D eigenvalue weighted by molar-refractivity contribution is 0.427. The number of phenols is 1.